The van der Waals surface area contributed by atoms with Crippen LogP contribution >= 0.6 is 22.6 Å². The van der Waals surface area contributed by atoms with Gasteiger partial charge < -0.3 is 14.8 Å². The van der Waals surface area contributed by atoms with E-state index in [9.17, 15) is 9.59 Å². The molecular formula is C20H24IN3O2. The number of nitrogens with one attached hydrogen (secondary N) is 1. The largest absolute Gasteiger partial charge is 0.348 e. The maximum absolute atomic E-state index is 12.8. The van der Waals surface area contributed by atoms with Gasteiger partial charge in [0, 0.05) is 40.5 Å². The van der Waals surface area contributed by atoms with E-state index in [0.717, 1.165) is 22.1 Å². The number of halogens is 1. The van der Waals surface area contributed by atoms with Gasteiger partial charge in [0.25, 0.3) is 5.91 Å². The van der Waals surface area contributed by atoms with E-state index in [1.165, 1.54) is 0 Å². The number of nitrogens with zero attached hydrogens (tertiary/aromatic N) is 2. The van der Waals surface area contributed by atoms with Crippen molar-refractivity contribution in [2.75, 3.05) is 13.1 Å². The third-order valence-electron chi connectivity index (χ3n) is 4.70. The molecule has 0 spiro atoms. The van der Waals surface area contributed by atoms with Crippen molar-refractivity contribution in [2.24, 2.45) is 5.92 Å². The predicted octanol–water partition coefficient (Wildman–Crippen LogP) is 3.46. The first-order valence-electron chi connectivity index (χ1n) is 8.98. The fraction of sp³-hybridized carbons (Fsp3) is 0.400. The van der Waals surface area contributed by atoms with Gasteiger partial charge >= 0.3 is 0 Å². The molecule has 0 bridgehead atoms. The molecule has 6 heteroatoms. The van der Waals surface area contributed by atoms with Gasteiger partial charge in [-0.2, -0.15) is 0 Å². The summed E-state index contributed by atoms with van der Waals surface area (Å²) < 4.78 is 3.04. The topological polar surface area (TPSA) is 54.3 Å². The Kier molecular flexibility index (Phi) is 6.01. The Morgan fingerprint density at radius 3 is 2.54 bits per heavy atom. The van der Waals surface area contributed by atoms with Crippen LogP contribution in [0.15, 0.2) is 42.6 Å². The van der Waals surface area contributed by atoms with Crippen molar-refractivity contribution in [2.45, 2.75) is 32.7 Å². The predicted molar refractivity (Wildman–Crippen MR) is 110 cm³/mol. The molecule has 2 amide bonds. The van der Waals surface area contributed by atoms with Crippen molar-refractivity contribution in [3.8, 4) is 5.69 Å². The summed E-state index contributed by atoms with van der Waals surface area (Å²) in [4.78, 5) is 26.7. The maximum Gasteiger partial charge on any atom is 0.268 e. The van der Waals surface area contributed by atoms with Crippen LogP contribution in [0.3, 0.4) is 0 Å². The molecule has 2 heterocycles. The van der Waals surface area contributed by atoms with E-state index >= 15 is 0 Å². The van der Waals surface area contributed by atoms with Gasteiger partial charge in [-0.3, -0.25) is 9.59 Å². The smallest absolute Gasteiger partial charge is 0.268 e. The number of amides is 2. The van der Waals surface area contributed by atoms with Crippen LogP contribution < -0.4 is 5.32 Å². The van der Waals surface area contributed by atoms with Crippen molar-refractivity contribution in [1.82, 2.24) is 14.8 Å². The second-order valence-electron chi connectivity index (χ2n) is 6.97. The number of benzene rings is 1. The Bertz CT molecular complexity index is 792. The molecule has 1 saturated heterocycles. The first kappa shape index (κ1) is 18.9. The third-order valence-corrected chi connectivity index (χ3v) is 5.37. The lowest BCUT2D eigenvalue weighted by molar-refractivity contribution is -0.135. The minimum Gasteiger partial charge on any atom is -0.348 e. The molecular weight excluding hydrogens is 441 g/mol. The average Bonchev–Trinajstić information content (AvgIpc) is 3.11. The van der Waals surface area contributed by atoms with Gasteiger partial charge in [-0.1, -0.05) is 19.9 Å². The van der Waals surface area contributed by atoms with E-state index in [-0.39, 0.29) is 23.8 Å². The highest BCUT2D eigenvalue weighted by Gasteiger charge is 2.26. The van der Waals surface area contributed by atoms with Gasteiger partial charge in [-0.05, 0) is 65.8 Å². The number of carbonyl (C=O) groups is 2. The molecule has 0 saturated carbocycles. The number of rotatable bonds is 4. The van der Waals surface area contributed by atoms with E-state index in [0.29, 0.717) is 18.8 Å². The van der Waals surface area contributed by atoms with E-state index in [1.807, 2.05) is 65.9 Å². The zero-order valence-electron chi connectivity index (χ0n) is 15.1. The minimum absolute atomic E-state index is 0.0260. The van der Waals surface area contributed by atoms with Gasteiger partial charge in [0.05, 0.1) is 0 Å². The van der Waals surface area contributed by atoms with Gasteiger partial charge in [-0.15, -0.1) is 0 Å². The van der Waals surface area contributed by atoms with Crippen LogP contribution in [0.25, 0.3) is 5.69 Å². The van der Waals surface area contributed by atoms with Crippen molar-refractivity contribution in [3.05, 3.63) is 51.9 Å². The summed E-state index contributed by atoms with van der Waals surface area (Å²) in [6, 6.07) is 11.9. The molecule has 26 heavy (non-hydrogen) atoms. The number of hydrogen-bond donors (Lipinski definition) is 1. The Morgan fingerprint density at radius 1 is 1.15 bits per heavy atom. The summed E-state index contributed by atoms with van der Waals surface area (Å²) >= 11 is 2.27. The summed E-state index contributed by atoms with van der Waals surface area (Å²) in [5.41, 5.74) is 1.61. The SMILES string of the molecule is CC(C)C(=O)N1CCC(NC(=O)c2cccn2-c2cccc(I)c2)CC1. The zero-order valence-corrected chi connectivity index (χ0v) is 17.3. The summed E-state index contributed by atoms with van der Waals surface area (Å²) in [6.07, 6.45) is 3.51. The summed E-state index contributed by atoms with van der Waals surface area (Å²) in [5.74, 6) is 0.155. The Labute approximate surface area is 167 Å². The van der Waals surface area contributed by atoms with Crippen molar-refractivity contribution in [3.63, 3.8) is 0 Å². The molecule has 3 rings (SSSR count). The second-order valence-corrected chi connectivity index (χ2v) is 8.22. The lowest BCUT2D eigenvalue weighted by atomic mass is 10.0. The quantitative estimate of drug-likeness (QED) is 0.704. The first-order valence-corrected chi connectivity index (χ1v) is 10.1. The molecule has 2 aromatic rings. The molecule has 1 fully saturated rings. The first-order chi connectivity index (χ1) is 12.5. The number of piperidine rings is 1. The molecule has 1 N–H and O–H groups in total. The van der Waals surface area contributed by atoms with Crippen molar-refractivity contribution in [1.29, 1.82) is 0 Å². The standard InChI is InChI=1S/C20H24IN3O2/c1-14(2)20(26)23-11-8-16(9-12-23)22-19(25)18-7-4-10-24(18)17-6-3-5-15(21)13-17/h3-7,10,13-14,16H,8-9,11-12H2,1-2H3,(H,22,25). The lowest BCUT2D eigenvalue weighted by Crippen LogP contribution is -2.47. The fourth-order valence-corrected chi connectivity index (χ4v) is 3.81. The number of aromatic nitrogens is 1. The molecule has 0 radical (unpaired) electrons. The van der Waals surface area contributed by atoms with Crippen LogP contribution in [-0.4, -0.2) is 40.4 Å². The molecule has 5 nitrogen and oxygen atoms in total. The molecule has 1 aliphatic rings. The highest BCUT2D eigenvalue weighted by Crippen LogP contribution is 2.17. The van der Waals surface area contributed by atoms with Gasteiger partial charge in [-0.25, -0.2) is 0 Å². The average molecular weight is 465 g/mol. The van der Waals surface area contributed by atoms with E-state index < -0.39 is 0 Å². The van der Waals surface area contributed by atoms with Crippen LogP contribution in [-0.2, 0) is 4.79 Å². The van der Waals surface area contributed by atoms with Gasteiger partial charge in [0.1, 0.15) is 5.69 Å². The normalized spacial score (nSPS) is 15.3. The molecule has 138 valence electrons. The molecule has 1 aromatic heterocycles. The van der Waals surface area contributed by atoms with E-state index in [1.54, 1.807) is 0 Å². The van der Waals surface area contributed by atoms with Crippen LogP contribution in [0.2, 0.25) is 0 Å². The van der Waals surface area contributed by atoms with Crippen LogP contribution in [0.1, 0.15) is 37.2 Å². The van der Waals surface area contributed by atoms with Crippen LogP contribution in [0.5, 0.6) is 0 Å². The van der Waals surface area contributed by atoms with Gasteiger partial charge in [0.15, 0.2) is 0 Å². The number of hydrogen-bond acceptors (Lipinski definition) is 2. The molecule has 0 atom stereocenters. The fourth-order valence-electron chi connectivity index (χ4n) is 3.29. The molecule has 1 aromatic carbocycles. The number of carbonyl (C=O) groups excluding carboxylic acids is 2. The summed E-state index contributed by atoms with van der Waals surface area (Å²) in [5, 5.41) is 3.14. The Morgan fingerprint density at radius 2 is 1.88 bits per heavy atom. The second kappa shape index (κ2) is 8.24. The highest BCUT2D eigenvalue weighted by atomic mass is 127. The number of likely N-dealkylation sites (tertiary alicyclic amines) is 1. The summed E-state index contributed by atoms with van der Waals surface area (Å²) in [6.45, 7) is 5.27. The van der Waals surface area contributed by atoms with Crippen LogP contribution in [0, 0.1) is 9.49 Å². The third kappa shape index (κ3) is 4.28. The maximum atomic E-state index is 12.8. The van der Waals surface area contributed by atoms with Crippen molar-refractivity contribution >= 4 is 34.4 Å². The zero-order chi connectivity index (χ0) is 18.7. The monoisotopic (exact) mass is 465 g/mol. The molecule has 1 aliphatic heterocycles. The van der Waals surface area contributed by atoms with Gasteiger partial charge in [0.2, 0.25) is 5.91 Å². The molecule has 0 aliphatic carbocycles. The molecule has 0 unspecified atom stereocenters. The van der Waals surface area contributed by atoms with E-state index in [2.05, 4.69) is 27.9 Å². The summed E-state index contributed by atoms with van der Waals surface area (Å²) in [7, 11) is 0. The Hall–Kier alpha value is -1.83. The minimum atomic E-state index is -0.0671. The highest BCUT2D eigenvalue weighted by molar-refractivity contribution is 14.1. The Balaban J connectivity index is 1.64. The lowest BCUT2D eigenvalue weighted by Gasteiger charge is -2.33. The van der Waals surface area contributed by atoms with E-state index in [4.69, 9.17) is 0 Å². The van der Waals surface area contributed by atoms with Crippen molar-refractivity contribution < 1.29 is 9.59 Å². The van der Waals surface area contributed by atoms with Crippen LogP contribution in [0.4, 0.5) is 0 Å².